The Labute approximate surface area is 394 Å². The Morgan fingerprint density at radius 1 is 0.646 bits per heavy atom. The number of hydrogen-bond acceptors (Lipinski definition) is 9. The molecule has 0 aliphatic heterocycles. The Bertz CT molecular complexity index is 3720. The molecule has 0 aromatic heterocycles. The number of quaternary nitrogens is 1. The van der Waals surface area contributed by atoms with Crippen molar-refractivity contribution in [2.75, 3.05) is 26.2 Å². The Kier molecular flexibility index (Phi) is 5.72. The van der Waals surface area contributed by atoms with Crippen LogP contribution >= 0.6 is 7.82 Å². The zero-order valence-electron chi connectivity index (χ0n) is 94.7. The van der Waals surface area contributed by atoms with Gasteiger partial charge in [-0.25, -0.2) is 0 Å². The minimum absolute atomic E-state index is 0. The van der Waals surface area contributed by atoms with Crippen LogP contribution in [-0.4, -0.2) is 49.4 Å². The highest BCUT2D eigenvalue weighted by atomic mass is 31.2. The Hall–Kier alpha value is -1.03. The van der Waals surface area contributed by atoms with Gasteiger partial charge in [-0.05, 0) is 12.7 Å². The lowest BCUT2D eigenvalue weighted by Crippen LogP contribution is -2.30. The van der Waals surface area contributed by atoms with E-state index in [1.807, 2.05) is 0 Å². The van der Waals surface area contributed by atoms with E-state index in [2.05, 4.69) is 18.5 Å². The fraction of sp³-hybridized carbons (Fsp3) is 0.946. The van der Waals surface area contributed by atoms with Gasteiger partial charge in [-0.15, -0.1) is 0 Å². The summed E-state index contributed by atoms with van der Waals surface area (Å²) >= 11 is 0. The van der Waals surface area contributed by atoms with Gasteiger partial charge in [0.05, 0.1) is 32.0 Å². The van der Waals surface area contributed by atoms with Crippen molar-refractivity contribution in [2.45, 2.75) is 198 Å². The minimum atomic E-state index is -7.73. The van der Waals surface area contributed by atoms with Crippen LogP contribution in [-0.2, 0) is 32.7 Å². The summed E-state index contributed by atoms with van der Waals surface area (Å²) in [5.41, 5.74) is 0. The molecule has 0 rings (SSSR count). The molecule has 2 atom stereocenters. The lowest BCUT2D eigenvalue weighted by Gasteiger charge is -2.25. The van der Waals surface area contributed by atoms with Crippen molar-refractivity contribution >= 4 is 19.8 Å². The number of rotatable bonds is 37. The molecule has 0 amide bonds. The van der Waals surface area contributed by atoms with Crippen LogP contribution in [0.4, 0.5) is 0 Å². The maximum atomic E-state index is 14.2. The van der Waals surface area contributed by atoms with Gasteiger partial charge in [0.2, 0.25) is 0 Å². The van der Waals surface area contributed by atoms with Crippen molar-refractivity contribution in [1.82, 2.24) is 6.15 Å². The minimum Gasteiger partial charge on any atom is -0.756 e. The number of ether oxygens (including phenoxy) is 2. The molecule has 0 fully saturated rings. The lowest BCUT2D eigenvalue weighted by molar-refractivity contribution is -0.229. The van der Waals surface area contributed by atoms with Crippen LogP contribution in [0.5, 0.6) is 0 Å². The van der Waals surface area contributed by atoms with E-state index in [4.69, 9.17) is 97.3 Å². The number of phosphoric ester groups is 1. The molecule has 0 aliphatic rings. The molecule has 0 aromatic carbocycles. The molecule has 0 bridgehead atoms. The van der Waals surface area contributed by atoms with Crippen molar-refractivity contribution in [3.8, 4) is 0 Å². The molecule has 0 spiro atoms. The van der Waals surface area contributed by atoms with Crippen LogP contribution in [0.15, 0.2) is 0 Å². The largest absolute Gasteiger partial charge is 0.756 e. The third-order valence-corrected chi connectivity index (χ3v) is 3.34. The third kappa shape index (κ3) is 36.3. The molecule has 288 valence electrons. The molecule has 0 saturated carbocycles. The van der Waals surface area contributed by atoms with Crippen molar-refractivity contribution in [3.05, 3.63) is 0 Å². The Balaban J connectivity index is 0. The highest BCUT2D eigenvalue weighted by Crippen LogP contribution is 2.38. The molecule has 2 unspecified atom stereocenters. The topological polar surface area (TPSA) is 168 Å². The van der Waals surface area contributed by atoms with Gasteiger partial charge in [0.25, 0.3) is 7.82 Å². The van der Waals surface area contributed by atoms with E-state index >= 15 is 0 Å². The normalized spacial score (nSPS) is 45.8. The average molecular weight is 781 g/mol. The fourth-order valence-corrected chi connectivity index (χ4v) is 1.73. The van der Waals surface area contributed by atoms with Gasteiger partial charge in [-0.3, -0.25) is 14.2 Å². The van der Waals surface area contributed by atoms with E-state index in [9.17, 15) is 24.2 Å². The molecule has 5 N–H and O–H groups in total. The first-order valence-electron chi connectivity index (χ1n) is 46.3. The van der Waals surface area contributed by atoms with Gasteiger partial charge in [0.1, 0.15) is 6.56 Å². The van der Waals surface area contributed by atoms with Gasteiger partial charge in [0, 0.05) is 97.7 Å². The second kappa shape index (κ2) is 37.2. The van der Waals surface area contributed by atoms with E-state index in [0.717, 1.165) is 0 Å². The third-order valence-electron chi connectivity index (χ3n) is 2.71. The second-order valence-corrected chi connectivity index (χ2v) is 6.92. The Morgan fingerprint density at radius 3 is 1.42 bits per heavy atom. The molecule has 48 heavy (non-hydrogen) atoms. The molecule has 11 heteroatoms. The molecule has 0 radical (unpaired) electrons. The fourth-order valence-electron chi connectivity index (χ4n) is 1.34. The number of carbonyl (C=O) groups excluding carboxylic acids is 2. The molecule has 0 heterocycles. The average Bonchev–Trinajstić information content (AvgIpc) is 0.678. The van der Waals surface area contributed by atoms with Gasteiger partial charge in [-0.1, -0.05) is 167 Å². The number of esters is 2. The van der Waals surface area contributed by atoms with Gasteiger partial charge in [-0.2, -0.15) is 0 Å². The van der Waals surface area contributed by atoms with Crippen LogP contribution in [0, 0.1) is 0 Å². The van der Waals surface area contributed by atoms with Crippen LogP contribution in [0.25, 0.3) is 0 Å². The van der Waals surface area contributed by atoms with Crippen LogP contribution in [0.1, 0.15) is 289 Å². The summed E-state index contributed by atoms with van der Waals surface area (Å²) in [6.07, 6.45) is -161. The van der Waals surface area contributed by atoms with E-state index < -0.39 is 244 Å². The summed E-state index contributed by atoms with van der Waals surface area (Å²) in [5.74, 6) is -7.91. The lowest BCUT2D eigenvalue weighted by atomic mass is 10.0. The zero-order valence-corrected chi connectivity index (χ0v) is 24.6. The predicted octanol–water partition coefficient (Wildman–Crippen LogP) is 10.3. The van der Waals surface area contributed by atoms with E-state index in [0.29, 0.717) is 0 Å². The highest BCUT2D eigenvalue weighted by molar-refractivity contribution is 7.45. The molecule has 0 aromatic rings. The maximum Gasteiger partial charge on any atom is 0.306 e. The molecule has 10 nitrogen and oxygen atoms in total. The number of hydrogen-bond donors (Lipinski definition) is 2. The summed E-state index contributed by atoms with van der Waals surface area (Å²) < 4.78 is 607. The summed E-state index contributed by atoms with van der Waals surface area (Å²) in [5, 5.41) is 9.54. The van der Waals surface area contributed by atoms with Crippen molar-refractivity contribution in [1.29, 1.82) is 0 Å². The molecular formula is C37H76NO9P. The van der Waals surface area contributed by atoms with Crippen LogP contribution in [0.3, 0.4) is 0 Å². The monoisotopic (exact) mass is 781 g/mol. The molecule has 0 saturated heterocycles. The van der Waals surface area contributed by atoms with Gasteiger partial charge < -0.3 is 34.7 Å². The number of aliphatic hydroxyl groups is 1. The SMILES string of the molecule is [2H]C([2H])([2H])C([2H])([2H])C([2H])([2H])C([2H])([2H])C([2H])([2H])C([2H])([2H])C([2H])([2H])C([2H])([2H])C([2H])([2H])C([2H])([2H])C([2H])([2H])C([2H])([2H])C([2H])([2H])C([2H])([2H])C([2H])([2H])C(=O)OC([2H])([2H])C([2H])(OC(=O)C([2H])([2H])C([2H])([2H])C([2H])([2H])C([2H])([2H])C([2H])([2H])C([2H])([2H])C([2H])([2H])C([2H])([2H])C([2H])([2H])C([2H])([2H])C([2H])([2H])C([2H])([2H])C([2H])([2H])C([2H])([2H])C([2H])([2H])[2H])C([2H])([2H])OP(=O)([O-])OC([2H])([2H])C([2H])([2H])O.[NH4+]. The molecular weight excluding hydrogens is 633 g/mol. The highest BCUT2D eigenvalue weighted by Gasteiger charge is 2.21. The standard InChI is InChI=1S/C37H73O9P.H3N/c1-3-5-7-9-11-13-15-17-19-21-23-25-27-29-36(39)43-33-35(34-45-47(41,42)44-32-31-38)46-37(40)30-28-26-24-22-20-18-16-14-12-10-8-6-4-2;/h35,38H,3-34H2,1-2H3,(H,41,42);1H3/i1D3,2D3,3D2,4D2,5D2,6D2,7D2,8D2,9D2,10D2,11D2,12D2,13D2,14D2,15D2,16D2,17D2,18D2,19D2,20D2,21D2,22D2,23D2,24D2,25D2,26D2,27D2,28D2,29D2,30D2,31D2,32D2,33D2,34D2,35D;. The smallest absolute Gasteiger partial charge is 0.306 e. The predicted molar refractivity (Wildman–Crippen MR) is 194 cm³/mol. The summed E-state index contributed by atoms with van der Waals surface area (Å²) in [6, 6.07) is 0. The van der Waals surface area contributed by atoms with E-state index in [-0.39, 0.29) is 6.15 Å². The second-order valence-electron chi connectivity index (χ2n) is 5.66. The van der Waals surface area contributed by atoms with Gasteiger partial charge >= 0.3 is 11.9 Å². The van der Waals surface area contributed by atoms with Crippen molar-refractivity contribution in [2.24, 2.45) is 0 Å². The maximum absolute atomic E-state index is 14.2. The van der Waals surface area contributed by atoms with Gasteiger partial charge in [0.15, 0.2) is 6.08 Å². The summed E-state index contributed by atoms with van der Waals surface area (Å²) in [4.78, 5) is 41.4. The summed E-state index contributed by atoms with van der Waals surface area (Å²) in [7, 11) is -7.73. The van der Waals surface area contributed by atoms with Crippen molar-refractivity contribution < 1.29 is 140 Å². The number of phosphoric acid groups is 1. The van der Waals surface area contributed by atoms with Crippen LogP contribution < -0.4 is 11.0 Å². The Morgan fingerprint density at radius 2 is 1.02 bits per heavy atom. The quantitative estimate of drug-likeness (QED) is 0.0460. The summed E-state index contributed by atoms with van der Waals surface area (Å²) in [6.45, 7) is -30.4. The molecule has 0 aliphatic carbocycles. The van der Waals surface area contributed by atoms with E-state index in [1.165, 1.54) is 0 Å². The zero-order chi connectivity index (χ0) is 98.0. The van der Waals surface area contributed by atoms with Crippen LogP contribution in [0.2, 0.25) is 0 Å². The first kappa shape index (κ1) is 7.38. The van der Waals surface area contributed by atoms with Crippen molar-refractivity contribution in [3.63, 3.8) is 0 Å². The van der Waals surface area contributed by atoms with E-state index in [1.54, 1.807) is 0 Å². The first-order valence-corrected chi connectivity index (χ1v) is 12.3. The first-order chi connectivity index (χ1) is 49.4. The number of carbonyl (C=O) groups is 2.